The third-order valence-corrected chi connectivity index (χ3v) is 4.19. The molecule has 0 bridgehead atoms. The number of aromatic nitrogens is 3. The summed E-state index contributed by atoms with van der Waals surface area (Å²) in [5, 5.41) is 7.12. The Bertz CT molecular complexity index is 988. The van der Waals surface area contributed by atoms with Crippen LogP contribution in [0.4, 0.5) is 5.82 Å². The first-order valence-electron chi connectivity index (χ1n) is 8.67. The zero-order chi connectivity index (χ0) is 20.1. The van der Waals surface area contributed by atoms with Gasteiger partial charge in [-0.1, -0.05) is 6.08 Å². The van der Waals surface area contributed by atoms with Gasteiger partial charge in [-0.15, -0.1) is 6.58 Å². The highest BCUT2D eigenvalue weighted by atomic mass is 16.5. The fraction of sp³-hybridized carbons (Fsp3) is 0.250. The fourth-order valence-corrected chi connectivity index (χ4v) is 2.83. The van der Waals surface area contributed by atoms with Gasteiger partial charge in [0.05, 0.1) is 27.5 Å². The number of nitrogens with zero attached hydrogens (tertiary/aromatic N) is 3. The number of fused-ring (bicyclic) bond motifs is 1. The number of aryl methyl sites for hydroxylation is 1. The van der Waals surface area contributed by atoms with Crippen molar-refractivity contribution in [2.24, 2.45) is 0 Å². The molecule has 0 saturated carbocycles. The van der Waals surface area contributed by atoms with Gasteiger partial charge in [0.25, 0.3) is 5.91 Å². The molecule has 0 saturated heterocycles. The highest BCUT2D eigenvalue weighted by Crippen LogP contribution is 2.38. The van der Waals surface area contributed by atoms with E-state index >= 15 is 0 Å². The third kappa shape index (κ3) is 3.75. The first-order chi connectivity index (χ1) is 13.6. The SMILES string of the molecule is C=CCCc1cc(NC(=O)c2cc(OC)c(OC)c(OC)c2)n2nccc2n1. The van der Waals surface area contributed by atoms with E-state index in [1.54, 1.807) is 35.0 Å². The van der Waals surface area contributed by atoms with Crippen LogP contribution in [0.15, 0.2) is 43.1 Å². The molecule has 0 atom stereocenters. The Hall–Kier alpha value is -3.55. The highest BCUT2D eigenvalue weighted by Gasteiger charge is 2.18. The Balaban J connectivity index is 1.97. The first kappa shape index (κ1) is 19.2. The van der Waals surface area contributed by atoms with Crippen molar-refractivity contribution in [3.05, 3.63) is 54.4 Å². The average Bonchev–Trinajstić information content (AvgIpc) is 3.19. The lowest BCUT2D eigenvalue weighted by Gasteiger charge is -2.14. The molecule has 0 spiro atoms. The van der Waals surface area contributed by atoms with Crippen molar-refractivity contribution in [1.29, 1.82) is 0 Å². The Morgan fingerprint density at radius 1 is 1.18 bits per heavy atom. The topological polar surface area (TPSA) is 87.0 Å². The summed E-state index contributed by atoms with van der Waals surface area (Å²) in [4.78, 5) is 17.4. The number of ether oxygens (including phenoxy) is 3. The van der Waals surface area contributed by atoms with Crippen LogP contribution in [0.1, 0.15) is 22.5 Å². The molecule has 28 heavy (non-hydrogen) atoms. The Kier molecular flexibility index (Phi) is 5.78. The molecule has 146 valence electrons. The van der Waals surface area contributed by atoms with E-state index in [1.165, 1.54) is 21.3 Å². The van der Waals surface area contributed by atoms with Crippen molar-refractivity contribution in [2.75, 3.05) is 26.6 Å². The van der Waals surface area contributed by atoms with Crippen molar-refractivity contribution in [2.45, 2.75) is 12.8 Å². The monoisotopic (exact) mass is 382 g/mol. The molecular formula is C20H22N4O4. The lowest BCUT2D eigenvalue weighted by atomic mass is 10.1. The van der Waals surface area contributed by atoms with Crippen LogP contribution >= 0.6 is 0 Å². The molecule has 0 radical (unpaired) electrons. The molecule has 0 unspecified atom stereocenters. The maximum Gasteiger partial charge on any atom is 0.257 e. The second-order valence-electron chi connectivity index (χ2n) is 5.93. The maximum atomic E-state index is 12.9. The van der Waals surface area contributed by atoms with Crippen LogP contribution in [-0.2, 0) is 6.42 Å². The molecule has 3 aromatic rings. The van der Waals surface area contributed by atoms with Gasteiger partial charge >= 0.3 is 0 Å². The van der Waals surface area contributed by atoms with Crippen molar-refractivity contribution < 1.29 is 19.0 Å². The van der Waals surface area contributed by atoms with Crippen LogP contribution in [0, 0.1) is 0 Å². The van der Waals surface area contributed by atoms with Crippen LogP contribution < -0.4 is 19.5 Å². The summed E-state index contributed by atoms with van der Waals surface area (Å²) < 4.78 is 17.5. The summed E-state index contributed by atoms with van der Waals surface area (Å²) in [5.74, 6) is 1.41. The summed E-state index contributed by atoms with van der Waals surface area (Å²) >= 11 is 0. The number of hydrogen-bond donors (Lipinski definition) is 1. The summed E-state index contributed by atoms with van der Waals surface area (Å²) in [7, 11) is 4.51. The van der Waals surface area contributed by atoms with Crippen molar-refractivity contribution >= 4 is 17.4 Å². The number of allylic oxidation sites excluding steroid dienone is 1. The number of amides is 1. The maximum absolute atomic E-state index is 12.9. The molecule has 8 heteroatoms. The highest BCUT2D eigenvalue weighted by molar-refractivity contribution is 6.04. The number of carbonyl (C=O) groups excluding carboxylic acids is 1. The predicted molar refractivity (Wildman–Crippen MR) is 106 cm³/mol. The largest absolute Gasteiger partial charge is 0.493 e. The Labute approximate surface area is 162 Å². The lowest BCUT2D eigenvalue weighted by molar-refractivity contribution is 0.102. The molecule has 2 aromatic heterocycles. The molecule has 1 aromatic carbocycles. The number of benzene rings is 1. The summed E-state index contributed by atoms with van der Waals surface area (Å²) in [6.07, 6.45) is 4.97. The molecule has 8 nitrogen and oxygen atoms in total. The van der Waals surface area contributed by atoms with Gasteiger partial charge in [-0.05, 0) is 25.0 Å². The van der Waals surface area contributed by atoms with E-state index < -0.39 is 0 Å². The number of rotatable bonds is 8. The first-order valence-corrected chi connectivity index (χ1v) is 8.67. The van der Waals surface area contributed by atoms with E-state index in [-0.39, 0.29) is 5.91 Å². The van der Waals surface area contributed by atoms with Gasteiger partial charge in [-0.25, -0.2) is 4.98 Å². The number of carbonyl (C=O) groups is 1. The normalized spacial score (nSPS) is 10.5. The van der Waals surface area contributed by atoms with Crippen LogP contribution in [0.25, 0.3) is 5.65 Å². The molecule has 0 aliphatic carbocycles. The van der Waals surface area contributed by atoms with Gasteiger partial charge < -0.3 is 19.5 Å². The van der Waals surface area contributed by atoms with Gasteiger partial charge in [-0.2, -0.15) is 9.61 Å². The smallest absolute Gasteiger partial charge is 0.257 e. The third-order valence-electron chi connectivity index (χ3n) is 4.19. The van der Waals surface area contributed by atoms with Gasteiger partial charge in [-0.3, -0.25) is 4.79 Å². The Morgan fingerprint density at radius 2 is 1.89 bits per heavy atom. The Morgan fingerprint density at radius 3 is 2.50 bits per heavy atom. The van der Waals surface area contributed by atoms with E-state index in [0.717, 1.165) is 18.5 Å². The number of nitrogens with one attached hydrogen (secondary N) is 1. The van der Waals surface area contributed by atoms with E-state index in [1.807, 2.05) is 6.08 Å². The van der Waals surface area contributed by atoms with E-state index in [0.29, 0.717) is 34.3 Å². The summed E-state index contributed by atoms with van der Waals surface area (Å²) in [6, 6.07) is 6.78. The van der Waals surface area contributed by atoms with Crippen LogP contribution in [0.5, 0.6) is 17.2 Å². The average molecular weight is 382 g/mol. The van der Waals surface area contributed by atoms with Crippen LogP contribution in [-0.4, -0.2) is 41.8 Å². The molecule has 1 N–H and O–H groups in total. The van der Waals surface area contributed by atoms with Gasteiger partial charge in [0.2, 0.25) is 5.75 Å². The quantitative estimate of drug-likeness (QED) is 0.603. The summed E-state index contributed by atoms with van der Waals surface area (Å²) in [6.45, 7) is 3.74. The van der Waals surface area contributed by atoms with Gasteiger partial charge in [0.15, 0.2) is 17.1 Å². The zero-order valence-electron chi connectivity index (χ0n) is 16.1. The van der Waals surface area contributed by atoms with Gasteiger partial charge in [0.1, 0.15) is 5.82 Å². The van der Waals surface area contributed by atoms with E-state index in [4.69, 9.17) is 14.2 Å². The molecule has 1 amide bonds. The van der Waals surface area contributed by atoms with Crippen LogP contribution in [0.2, 0.25) is 0 Å². The molecule has 0 aliphatic heterocycles. The number of anilines is 1. The molecular weight excluding hydrogens is 360 g/mol. The fourth-order valence-electron chi connectivity index (χ4n) is 2.83. The predicted octanol–water partition coefficient (Wildman–Crippen LogP) is 3.13. The molecule has 3 rings (SSSR count). The number of methoxy groups -OCH3 is 3. The minimum atomic E-state index is -0.336. The van der Waals surface area contributed by atoms with Crippen molar-refractivity contribution in [1.82, 2.24) is 14.6 Å². The molecule has 0 fully saturated rings. The lowest BCUT2D eigenvalue weighted by Crippen LogP contribution is -2.16. The van der Waals surface area contributed by atoms with Gasteiger partial charge in [0, 0.05) is 23.4 Å². The second kappa shape index (κ2) is 8.43. The summed E-state index contributed by atoms with van der Waals surface area (Å²) in [5.41, 5.74) is 1.86. The minimum absolute atomic E-state index is 0.336. The van der Waals surface area contributed by atoms with Crippen molar-refractivity contribution in [3.63, 3.8) is 0 Å². The van der Waals surface area contributed by atoms with Crippen molar-refractivity contribution in [3.8, 4) is 17.2 Å². The second-order valence-corrected chi connectivity index (χ2v) is 5.93. The van der Waals surface area contributed by atoms with E-state index in [2.05, 4.69) is 22.0 Å². The molecule has 0 aliphatic rings. The molecule has 2 heterocycles. The number of hydrogen-bond acceptors (Lipinski definition) is 6. The van der Waals surface area contributed by atoms with Crippen LogP contribution in [0.3, 0.4) is 0 Å². The minimum Gasteiger partial charge on any atom is -0.493 e. The van der Waals surface area contributed by atoms with E-state index in [9.17, 15) is 4.79 Å². The zero-order valence-corrected chi connectivity index (χ0v) is 16.1. The standard InChI is InChI=1S/C20H22N4O4/c1-5-6-7-14-12-18(24-17(22-14)8-9-21-24)23-20(25)13-10-15(26-2)19(28-4)16(11-13)27-3/h5,8-12H,1,6-7H2,2-4H3,(H,23,25).